The first-order chi connectivity index (χ1) is 8.27. The van der Waals surface area contributed by atoms with Crippen molar-refractivity contribution < 1.29 is 0 Å². The Labute approximate surface area is 108 Å². The maximum atomic E-state index is 3.65. The number of nitrogens with zero attached hydrogens (tertiary/aromatic N) is 1. The molecular formula is C15H32N2. The quantitative estimate of drug-likeness (QED) is 0.686. The minimum Gasteiger partial charge on any atom is -0.313 e. The maximum Gasteiger partial charge on any atom is 0.0192 e. The monoisotopic (exact) mass is 240 g/mol. The molecule has 0 amide bonds. The SMILES string of the molecule is CCCCCCC(C)N1CCCNC(CC)C1. The lowest BCUT2D eigenvalue weighted by molar-refractivity contribution is 0.191. The van der Waals surface area contributed by atoms with E-state index in [4.69, 9.17) is 0 Å². The van der Waals surface area contributed by atoms with Crippen molar-refractivity contribution in [3.8, 4) is 0 Å². The number of rotatable bonds is 7. The highest BCUT2D eigenvalue weighted by molar-refractivity contribution is 4.78. The van der Waals surface area contributed by atoms with E-state index < -0.39 is 0 Å². The summed E-state index contributed by atoms with van der Waals surface area (Å²) in [5, 5.41) is 3.65. The van der Waals surface area contributed by atoms with Gasteiger partial charge >= 0.3 is 0 Å². The molecule has 17 heavy (non-hydrogen) atoms. The van der Waals surface area contributed by atoms with Crippen LogP contribution in [0.5, 0.6) is 0 Å². The van der Waals surface area contributed by atoms with Crippen LogP contribution in [0.25, 0.3) is 0 Å². The largest absolute Gasteiger partial charge is 0.313 e. The van der Waals surface area contributed by atoms with Gasteiger partial charge in [-0.1, -0.05) is 39.5 Å². The first kappa shape index (κ1) is 15.0. The van der Waals surface area contributed by atoms with E-state index in [2.05, 4.69) is 31.0 Å². The molecule has 0 saturated carbocycles. The topological polar surface area (TPSA) is 15.3 Å². The normalized spacial score (nSPS) is 24.5. The number of hydrogen-bond donors (Lipinski definition) is 1. The van der Waals surface area contributed by atoms with Crippen LogP contribution in [0.4, 0.5) is 0 Å². The molecule has 1 fully saturated rings. The molecule has 1 aliphatic heterocycles. The van der Waals surface area contributed by atoms with Gasteiger partial charge in [0, 0.05) is 18.6 Å². The Hall–Kier alpha value is -0.0800. The Morgan fingerprint density at radius 1 is 1.24 bits per heavy atom. The molecule has 1 saturated heterocycles. The zero-order chi connectivity index (χ0) is 12.5. The van der Waals surface area contributed by atoms with Gasteiger partial charge < -0.3 is 5.32 Å². The third kappa shape index (κ3) is 5.87. The highest BCUT2D eigenvalue weighted by Gasteiger charge is 2.19. The lowest BCUT2D eigenvalue weighted by Crippen LogP contribution is -2.41. The third-order valence-electron chi connectivity index (χ3n) is 4.10. The molecule has 102 valence electrons. The molecule has 2 atom stereocenters. The Kier molecular flexibility index (Phi) is 7.87. The van der Waals surface area contributed by atoms with Gasteiger partial charge in [0.25, 0.3) is 0 Å². The van der Waals surface area contributed by atoms with Crippen LogP contribution in [0.2, 0.25) is 0 Å². The van der Waals surface area contributed by atoms with E-state index in [1.807, 2.05) is 0 Å². The second kappa shape index (κ2) is 8.93. The lowest BCUT2D eigenvalue weighted by Gasteiger charge is -2.30. The van der Waals surface area contributed by atoms with Crippen LogP contribution in [0.15, 0.2) is 0 Å². The van der Waals surface area contributed by atoms with Gasteiger partial charge in [0.05, 0.1) is 0 Å². The van der Waals surface area contributed by atoms with E-state index in [0.717, 1.165) is 12.1 Å². The predicted molar refractivity (Wildman–Crippen MR) is 76.5 cm³/mol. The second-order valence-corrected chi connectivity index (χ2v) is 5.61. The fourth-order valence-corrected chi connectivity index (χ4v) is 2.75. The van der Waals surface area contributed by atoms with Crippen molar-refractivity contribution in [1.82, 2.24) is 10.2 Å². The summed E-state index contributed by atoms with van der Waals surface area (Å²) in [5.74, 6) is 0. The van der Waals surface area contributed by atoms with Crippen molar-refractivity contribution in [1.29, 1.82) is 0 Å². The first-order valence-electron chi connectivity index (χ1n) is 7.75. The van der Waals surface area contributed by atoms with Crippen LogP contribution in [0.3, 0.4) is 0 Å². The molecule has 0 spiro atoms. The van der Waals surface area contributed by atoms with E-state index in [-0.39, 0.29) is 0 Å². The van der Waals surface area contributed by atoms with E-state index in [1.165, 1.54) is 64.6 Å². The van der Waals surface area contributed by atoms with Crippen molar-refractivity contribution in [2.75, 3.05) is 19.6 Å². The lowest BCUT2D eigenvalue weighted by atomic mass is 10.1. The summed E-state index contributed by atoms with van der Waals surface area (Å²) < 4.78 is 0. The predicted octanol–water partition coefficient (Wildman–Crippen LogP) is 3.42. The first-order valence-corrected chi connectivity index (χ1v) is 7.75. The zero-order valence-electron chi connectivity index (χ0n) is 12.2. The Bertz CT molecular complexity index is 182. The molecule has 1 N–H and O–H groups in total. The van der Waals surface area contributed by atoms with E-state index in [0.29, 0.717) is 0 Å². The summed E-state index contributed by atoms with van der Waals surface area (Å²) in [7, 11) is 0. The smallest absolute Gasteiger partial charge is 0.0192 e. The maximum absolute atomic E-state index is 3.65. The van der Waals surface area contributed by atoms with Crippen molar-refractivity contribution in [2.45, 2.75) is 77.8 Å². The van der Waals surface area contributed by atoms with Gasteiger partial charge in [0.15, 0.2) is 0 Å². The number of nitrogens with one attached hydrogen (secondary N) is 1. The molecule has 2 unspecified atom stereocenters. The minimum atomic E-state index is 0.718. The highest BCUT2D eigenvalue weighted by atomic mass is 15.2. The Morgan fingerprint density at radius 3 is 2.76 bits per heavy atom. The van der Waals surface area contributed by atoms with Crippen molar-refractivity contribution in [3.63, 3.8) is 0 Å². The van der Waals surface area contributed by atoms with E-state index in [1.54, 1.807) is 0 Å². The van der Waals surface area contributed by atoms with Gasteiger partial charge in [-0.3, -0.25) is 4.90 Å². The molecule has 0 bridgehead atoms. The van der Waals surface area contributed by atoms with Crippen molar-refractivity contribution in [3.05, 3.63) is 0 Å². The number of hydrogen-bond acceptors (Lipinski definition) is 2. The van der Waals surface area contributed by atoms with Crippen LogP contribution in [-0.2, 0) is 0 Å². The van der Waals surface area contributed by atoms with Crippen LogP contribution in [0, 0.1) is 0 Å². The molecule has 0 aromatic carbocycles. The summed E-state index contributed by atoms with van der Waals surface area (Å²) in [6.45, 7) is 10.8. The molecule has 2 heteroatoms. The van der Waals surface area contributed by atoms with Gasteiger partial charge in [-0.25, -0.2) is 0 Å². The van der Waals surface area contributed by atoms with Gasteiger partial charge in [0.1, 0.15) is 0 Å². The van der Waals surface area contributed by atoms with Gasteiger partial charge in [0.2, 0.25) is 0 Å². The molecule has 1 heterocycles. The van der Waals surface area contributed by atoms with Gasteiger partial charge in [-0.05, 0) is 39.3 Å². The number of unbranched alkanes of at least 4 members (excludes halogenated alkanes) is 3. The minimum absolute atomic E-state index is 0.718. The molecule has 0 aromatic heterocycles. The molecule has 1 rings (SSSR count). The van der Waals surface area contributed by atoms with Crippen LogP contribution < -0.4 is 5.32 Å². The standard InChI is InChI=1S/C15H32N2/c1-4-6-7-8-10-14(3)17-12-9-11-16-15(5-2)13-17/h14-16H,4-13H2,1-3H3. The summed E-state index contributed by atoms with van der Waals surface area (Å²) in [4.78, 5) is 2.71. The third-order valence-corrected chi connectivity index (χ3v) is 4.10. The van der Waals surface area contributed by atoms with Crippen LogP contribution >= 0.6 is 0 Å². The van der Waals surface area contributed by atoms with Crippen LogP contribution in [0.1, 0.15) is 65.7 Å². The van der Waals surface area contributed by atoms with Crippen LogP contribution in [-0.4, -0.2) is 36.6 Å². The average Bonchev–Trinajstić information content (AvgIpc) is 2.59. The van der Waals surface area contributed by atoms with Gasteiger partial charge in [-0.2, -0.15) is 0 Å². The van der Waals surface area contributed by atoms with Crippen molar-refractivity contribution >= 4 is 0 Å². The van der Waals surface area contributed by atoms with E-state index in [9.17, 15) is 0 Å². The molecule has 2 nitrogen and oxygen atoms in total. The fourth-order valence-electron chi connectivity index (χ4n) is 2.75. The zero-order valence-corrected chi connectivity index (χ0v) is 12.2. The van der Waals surface area contributed by atoms with Crippen molar-refractivity contribution in [2.24, 2.45) is 0 Å². The second-order valence-electron chi connectivity index (χ2n) is 5.61. The summed E-state index contributed by atoms with van der Waals surface area (Å²) in [6, 6.07) is 1.50. The summed E-state index contributed by atoms with van der Waals surface area (Å²) in [6.07, 6.45) is 9.55. The average molecular weight is 240 g/mol. The molecule has 1 aliphatic rings. The Morgan fingerprint density at radius 2 is 2.06 bits per heavy atom. The van der Waals surface area contributed by atoms with Gasteiger partial charge in [-0.15, -0.1) is 0 Å². The summed E-state index contributed by atoms with van der Waals surface area (Å²) >= 11 is 0. The molecular weight excluding hydrogens is 208 g/mol. The fraction of sp³-hybridized carbons (Fsp3) is 1.00. The molecule has 0 radical (unpaired) electrons. The molecule has 0 aliphatic carbocycles. The summed E-state index contributed by atoms with van der Waals surface area (Å²) in [5.41, 5.74) is 0. The highest BCUT2D eigenvalue weighted by Crippen LogP contribution is 2.14. The van der Waals surface area contributed by atoms with E-state index >= 15 is 0 Å². The molecule has 0 aromatic rings. The Balaban J connectivity index is 2.25.